The Labute approximate surface area is 120 Å². The highest BCUT2D eigenvalue weighted by molar-refractivity contribution is 5.86. The highest BCUT2D eigenvalue weighted by atomic mass is 16.1. The maximum Gasteiger partial charge on any atom is 0.146 e. The van der Waals surface area contributed by atoms with Crippen molar-refractivity contribution in [3.8, 4) is 0 Å². The number of nitrogens with zero attached hydrogens (tertiary/aromatic N) is 2. The van der Waals surface area contributed by atoms with Gasteiger partial charge < -0.3 is 0 Å². The van der Waals surface area contributed by atoms with Gasteiger partial charge in [-0.25, -0.2) is 0 Å². The normalized spacial score (nSPS) is 13.9. The Bertz CT molecular complexity index is 559. The van der Waals surface area contributed by atoms with Gasteiger partial charge in [0.1, 0.15) is 5.78 Å². The van der Waals surface area contributed by atoms with E-state index in [4.69, 9.17) is 0 Å². The first-order chi connectivity index (χ1) is 9.61. The first kappa shape index (κ1) is 14.5. The van der Waals surface area contributed by atoms with E-state index in [-0.39, 0.29) is 11.7 Å². The minimum absolute atomic E-state index is 0.0788. The summed E-state index contributed by atoms with van der Waals surface area (Å²) < 4.78 is 1.94. The van der Waals surface area contributed by atoms with Crippen LogP contribution in [0.3, 0.4) is 0 Å². The molecule has 1 aromatic heterocycles. The van der Waals surface area contributed by atoms with Crippen LogP contribution in [-0.4, -0.2) is 15.6 Å². The van der Waals surface area contributed by atoms with Crippen LogP contribution in [0.4, 0.5) is 0 Å². The number of aromatic nitrogens is 2. The van der Waals surface area contributed by atoms with Crippen molar-refractivity contribution < 1.29 is 4.79 Å². The fourth-order valence-electron chi connectivity index (χ4n) is 2.16. The standard InChI is InChI=1S/C17H22N2O/c1-4-13(2)19-11-10-16(18-19)12-17(20)14(3)15-8-6-5-7-9-15/h5-11,13-14H,4,12H2,1-3H3. The second-order valence-corrected chi connectivity index (χ2v) is 5.32. The summed E-state index contributed by atoms with van der Waals surface area (Å²) in [4.78, 5) is 12.3. The summed E-state index contributed by atoms with van der Waals surface area (Å²) >= 11 is 0. The van der Waals surface area contributed by atoms with E-state index in [9.17, 15) is 4.79 Å². The monoisotopic (exact) mass is 270 g/mol. The molecule has 0 amide bonds. The second-order valence-electron chi connectivity index (χ2n) is 5.32. The van der Waals surface area contributed by atoms with Crippen LogP contribution < -0.4 is 0 Å². The Morgan fingerprint density at radius 1 is 1.20 bits per heavy atom. The van der Waals surface area contributed by atoms with Crippen LogP contribution in [0, 0.1) is 0 Å². The van der Waals surface area contributed by atoms with Gasteiger partial charge in [0.25, 0.3) is 0 Å². The van der Waals surface area contributed by atoms with Crippen LogP contribution >= 0.6 is 0 Å². The molecule has 0 saturated heterocycles. The molecule has 0 radical (unpaired) electrons. The molecule has 2 aromatic rings. The molecule has 20 heavy (non-hydrogen) atoms. The lowest BCUT2D eigenvalue weighted by atomic mass is 9.94. The fourth-order valence-corrected chi connectivity index (χ4v) is 2.16. The van der Waals surface area contributed by atoms with E-state index in [1.54, 1.807) is 0 Å². The third kappa shape index (κ3) is 3.35. The smallest absolute Gasteiger partial charge is 0.146 e. The van der Waals surface area contributed by atoms with E-state index in [0.29, 0.717) is 12.5 Å². The number of carbonyl (C=O) groups is 1. The molecule has 0 saturated carbocycles. The van der Waals surface area contributed by atoms with Gasteiger partial charge in [0.15, 0.2) is 0 Å². The minimum Gasteiger partial charge on any atom is -0.299 e. The van der Waals surface area contributed by atoms with Gasteiger partial charge in [0, 0.05) is 18.2 Å². The van der Waals surface area contributed by atoms with Crippen LogP contribution in [-0.2, 0) is 11.2 Å². The highest BCUT2D eigenvalue weighted by Gasteiger charge is 2.16. The number of rotatable bonds is 6. The van der Waals surface area contributed by atoms with Gasteiger partial charge in [0.2, 0.25) is 0 Å². The van der Waals surface area contributed by atoms with Gasteiger partial charge in [-0.1, -0.05) is 44.2 Å². The van der Waals surface area contributed by atoms with Crippen molar-refractivity contribution >= 4 is 5.78 Å². The molecule has 0 spiro atoms. The molecule has 3 nitrogen and oxygen atoms in total. The molecule has 2 rings (SSSR count). The van der Waals surface area contributed by atoms with Crippen molar-refractivity contribution in [1.29, 1.82) is 0 Å². The summed E-state index contributed by atoms with van der Waals surface area (Å²) in [5.41, 5.74) is 1.93. The average molecular weight is 270 g/mol. The molecule has 0 bridgehead atoms. The van der Waals surface area contributed by atoms with Crippen molar-refractivity contribution in [3.63, 3.8) is 0 Å². The Morgan fingerprint density at radius 2 is 1.90 bits per heavy atom. The van der Waals surface area contributed by atoms with E-state index in [1.165, 1.54) is 0 Å². The van der Waals surface area contributed by atoms with Crippen LogP contribution in [0.2, 0.25) is 0 Å². The molecule has 0 fully saturated rings. The number of ketones is 1. The largest absolute Gasteiger partial charge is 0.299 e. The lowest BCUT2D eigenvalue weighted by Crippen LogP contribution is -2.13. The zero-order valence-electron chi connectivity index (χ0n) is 12.4. The minimum atomic E-state index is -0.0788. The van der Waals surface area contributed by atoms with Crippen molar-refractivity contribution in [2.24, 2.45) is 0 Å². The zero-order chi connectivity index (χ0) is 14.5. The predicted molar refractivity (Wildman–Crippen MR) is 80.8 cm³/mol. The Kier molecular flexibility index (Phi) is 4.72. The molecule has 2 atom stereocenters. The molecule has 0 N–H and O–H groups in total. The maximum absolute atomic E-state index is 12.3. The third-order valence-corrected chi connectivity index (χ3v) is 3.84. The van der Waals surface area contributed by atoms with Crippen LogP contribution in [0.25, 0.3) is 0 Å². The van der Waals surface area contributed by atoms with Crippen LogP contribution in [0.5, 0.6) is 0 Å². The Morgan fingerprint density at radius 3 is 2.55 bits per heavy atom. The molecule has 0 aliphatic rings. The quantitative estimate of drug-likeness (QED) is 0.801. The summed E-state index contributed by atoms with van der Waals surface area (Å²) in [6.45, 7) is 6.23. The van der Waals surface area contributed by atoms with Gasteiger partial charge in [-0.3, -0.25) is 9.48 Å². The van der Waals surface area contributed by atoms with Crippen molar-refractivity contribution in [2.75, 3.05) is 0 Å². The zero-order valence-corrected chi connectivity index (χ0v) is 12.4. The molecule has 0 aliphatic heterocycles. The van der Waals surface area contributed by atoms with Gasteiger partial charge in [-0.05, 0) is 25.0 Å². The summed E-state index contributed by atoms with van der Waals surface area (Å²) in [5, 5.41) is 4.49. The highest BCUT2D eigenvalue weighted by Crippen LogP contribution is 2.18. The number of Topliss-reactive ketones (excluding diaryl/α,β-unsaturated/α-hetero) is 1. The fraction of sp³-hybridized carbons (Fsp3) is 0.412. The number of carbonyl (C=O) groups excluding carboxylic acids is 1. The first-order valence-corrected chi connectivity index (χ1v) is 7.23. The van der Waals surface area contributed by atoms with Gasteiger partial charge in [-0.2, -0.15) is 5.10 Å². The summed E-state index contributed by atoms with van der Waals surface area (Å²) in [5.74, 6) is 0.135. The van der Waals surface area contributed by atoms with Crippen molar-refractivity contribution in [3.05, 3.63) is 53.9 Å². The van der Waals surface area contributed by atoms with Gasteiger partial charge in [-0.15, -0.1) is 0 Å². The molecule has 3 heteroatoms. The lowest BCUT2D eigenvalue weighted by Gasteiger charge is -2.10. The van der Waals surface area contributed by atoms with E-state index < -0.39 is 0 Å². The molecule has 1 heterocycles. The molecular weight excluding hydrogens is 248 g/mol. The summed E-state index contributed by atoms with van der Waals surface area (Å²) in [6, 6.07) is 12.2. The molecule has 1 aromatic carbocycles. The number of hydrogen-bond acceptors (Lipinski definition) is 2. The van der Waals surface area contributed by atoms with E-state index in [0.717, 1.165) is 17.7 Å². The van der Waals surface area contributed by atoms with Gasteiger partial charge in [0.05, 0.1) is 12.1 Å². The number of benzene rings is 1. The Balaban J connectivity index is 2.03. The van der Waals surface area contributed by atoms with Crippen LogP contribution in [0.15, 0.2) is 42.6 Å². The second kappa shape index (κ2) is 6.51. The average Bonchev–Trinajstić information content (AvgIpc) is 2.95. The van der Waals surface area contributed by atoms with Gasteiger partial charge >= 0.3 is 0 Å². The van der Waals surface area contributed by atoms with E-state index in [1.807, 2.05) is 54.2 Å². The first-order valence-electron chi connectivity index (χ1n) is 7.23. The molecular formula is C17H22N2O. The Hall–Kier alpha value is -1.90. The lowest BCUT2D eigenvalue weighted by molar-refractivity contribution is -0.119. The van der Waals surface area contributed by atoms with Crippen LogP contribution in [0.1, 0.15) is 50.4 Å². The van der Waals surface area contributed by atoms with Crippen molar-refractivity contribution in [1.82, 2.24) is 9.78 Å². The third-order valence-electron chi connectivity index (χ3n) is 3.84. The van der Waals surface area contributed by atoms with E-state index >= 15 is 0 Å². The predicted octanol–water partition coefficient (Wildman–Crippen LogP) is 3.77. The van der Waals surface area contributed by atoms with Crippen molar-refractivity contribution in [2.45, 2.75) is 45.6 Å². The number of hydrogen-bond donors (Lipinski definition) is 0. The molecule has 106 valence electrons. The molecule has 2 unspecified atom stereocenters. The summed E-state index contributed by atoms with van der Waals surface area (Å²) in [7, 11) is 0. The van der Waals surface area contributed by atoms with E-state index in [2.05, 4.69) is 18.9 Å². The summed E-state index contributed by atoms with van der Waals surface area (Å²) in [6.07, 6.45) is 3.40. The maximum atomic E-state index is 12.3. The SMILES string of the molecule is CCC(C)n1ccc(CC(=O)C(C)c2ccccc2)n1. The molecule has 0 aliphatic carbocycles. The topological polar surface area (TPSA) is 34.9 Å².